The van der Waals surface area contributed by atoms with Crippen LogP contribution in [0.2, 0.25) is 0 Å². The Labute approximate surface area is 709 Å². The number of aromatic nitrogens is 16. The van der Waals surface area contributed by atoms with E-state index in [4.69, 9.17) is 4.74 Å². The predicted octanol–water partition coefficient (Wildman–Crippen LogP) is 17.0. The van der Waals surface area contributed by atoms with Crippen LogP contribution in [0, 0.1) is 181 Å². The molecular formula is C97H147FN16O5. The molecule has 17 saturated carbocycles. The van der Waals surface area contributed by atoms with Gasteiger partial charge in [0.05, 0.1) is 49.6 Å². The normalized spacial score (nSPS) is 46.2. The van der Waals surface area contributed by atoms with E-state index in [1.807, 2.05) is 0 Å². The van der Waals surface area contributed by atoms with Crippen molar-refractivity contribution >= 4 is 0 Å². The molecular weight excluding hydrogens is 1490 g/mol. The van der Waals surface area contributed by atoms with Gasteiger partial charge in [-0.25, -0.2) is 4.39 Å². The van der Waals surface area contributed by atoms with Crippen LogP contribution in [-0.4, -0.2) is 144 Å². The van der Waals surface area contributed by atoms with Gasteiger partial charge in [-0.1, -0.05) is 88.1 Å². The van der Waals surface area contributed by atoms with Crippen LogP contribution in [0.5, 0.6) is 0 Å². The summed E-state index contributed by atoms with van der Waals surface area (Å²) in [4.78, 5) is 6.71. The molecule has 17 fully saturated rings. The second-order valence-corrected chi connectivity index (χ2v) is 45.0. The van der Waals surface area contributed by atoms with Crippen molar-refractivity contribution in [3.63, 3.8) is 0 Å². The van der Waals surface area contributed by atoms with Gasteiger partial charge in [0, 0.05) is 13.0 Å². The number of hydrogen-bond donors (Lipinski definition) is 4. The Morgan fingerprint density at radius 2 is 0.672 bits per heavy atom. The van der Waals surface area contributed by atoms with Crippen LogP contribution in [-0.2, 0) is 30.9 Å². The van der Waals surface area contributed by atoms with E-state index in [1.54, 1.807) is 26.3 Å². The van der Waals surface area contributed by atoms with Gasteiger partial charge < -0.3 is 25.2 Å². The molecule has 21 nitrogen and oxygen atoms in total. The van der Waals surface area contributed by atoms with Crippen molar-refractivity contribution in [3.8, 4) is 11.8 Å². The summed E-state index contributed by atoms with van der Waals surface area (Å²) in [5.74, 6) is 25.5. The van der Waals surface area contributed by atoms with Crippen LogP contribution in [0.4, 0.5) is 4.39 Å². The number of fused-ring (bicyclic) bond motifs is 20. The lowest BCUT2D eigenvalue weighted by molar-refractivity contribution is -0.123. The molecule has 0 spiro atoms. The van der Waals surface area contributed by atoms with Gasteiger partial charge in [-0.05, 0) is 435 Å². The van der Waals surface area contributed by atoms with Crippen molar-refractivity contribution in [1.82, 2.24) is 80.8 Å². The van der Waals surface area contributed by atoms with Crippen LogP contribution >= 0.6 is 0 Å². The molecule has 119 heavy (non-hydrogen) atoms. The second kappa shape index (κ2) is 33.5. The topological polar surface area (TPSA) is 265 Å². The minimum absolute atomic E-state index is 0.333. The first kappa shape index (κ1) is 84.4. The standard InChI is InChI=1S/C27H38N4O.C24H38N4O2.C23H35FN4O.C23H36N4O/c1-18(16-31-29-17-28-30-31)24-7-8-25-23-6-5-20-15-27(32,13-9-19-3-4-19)14-11-21(20)22(23)10-12-26(24,25)2;1-16(13-28-26-15-25-27-28)21-6-7-22-20-5-4-17-12-24(29,14-30-3)11-9-18(17)19(20)8-10-23(21,22)2;1-15(12-28-26-14-25-27-28)20-5-6-21-19-4-3-16-11-23(29,13-24)10-8-17(16)18(19)7-9-22(20,21)2;1-15(13-27-25-14-24-26-27)20-6-7-21-19-5-4-16-12-22(2,28)10-8-17(16)18(19)9-11-23(20,21)3/h17,19-25,32H,1,3-8,10-12,14-16H2,2H3;15,17-22,29H,1,4-14H2,2-3H3;14,16-21,29H,1,3-13H2,2H3;14,16-21,28H,1,4-13H2,2-3H3/t20-,21+,22-,23-,24-,25+,26-,27-;17-,18+,19-,20-,21-,22+,23-,24-;2*16-,17+,18-,19-,20-,21+,22-,23-/m1111/s1. The molecule has 0 radical (unpaired) electrons. The molecule has 4 aromatic rings. The fraction of sp³-hybridized carbons (Fsp3) is 0.856. The van der Waals surface area contributed by atoms with E-state index in [0.29, 0.717) is 121 Å². The number of halogens is 1. The molecule has 652 valence electrons. The average molecular weight is 1640 g/mol. The maximum atomic E-state index is 13.4. The number of aliphatic hydroxyl groups is 4. The maximum Gasteiger partial charge on any atom is 0.162 e. The molecule has 0 amide bonds. The summed E-state index contributed by atoms with van der Waals surface area (Å²) in [6, 6.07) is 0. The molecule has 21 rings (SSSR count). The number of ether oxygens (including phenoxy) is 1. The summed E-state index contributed by atoms with van der Waals surface area (Å²) in [6.45, 7) is 32.9. The molecule has 4 aromatic heterocycles. The lowest BCUT2D eigenvalue weighted by Gasteiger charge is -2.57. The van der Waals surface area contributed by atoms with Gasteiger partial charge in [-0.2, -0.15) is 19.2 Å². The molecule has 17 aliphatic carbocycles. The van der Waals surface area contributed by atoms with Gasteiger partial charge >= 0.3 is 0 Å². The molecule has 4 N–H and O–H groups in total. The lowest BCUT2D eigenvalue weighted by Crippen LogP contribution is -2.52. The number of alkyl halides is 1. The summed E-state index contributed by atoms with van der Waals surface area (Å²) in [7, 11) is 1.71. The largest absolute Gasteiger partial charge is 0.390 e. The fourth-order valence-corrected chi connectivity index (χ4v) is 33.9. The second-order valence-electron chi connectivity index (χ2n) is 45.0. The minimum Gasteiger partial charge on any atom is -0.390 e. The number of tetrazole rings is 4. The van der Waals surface area contributed by atoms with E-state index in [9.17, 15) is 24.8 Å². The molecule has 0 saturated heterocycles. The molecule has 0 aromatic carbocycles. The molecule has 0 aliphatic heterocycles. The quantitative estimate of drug-likeness (QED) is 0.0636. The number of rotatable bonds is 15. The van der Waals surface area contributed by atoms with Crippen LogP contribution < -0.4 is 0 Å². The Hall–Kier alpha value is -5.47. The van der Waals surface area contributed by atoms with Crippen LogP contribution in [0.25, 0.3) is 0 Å². The van der Waals surface area contributed by atoms with Crippen molar-refractivity contribution < 1.29 is 29.6 Å². The molecule has 4 heterocycles. The van der Waals surface area contributed by atoms with E-state index < -0.39 is 29.1 Å². The third-order valence-electron chi connectivity index (χ3n) is 39.1. The van der Waals surface area contributed by atoms with Crippen molar-refractivity contribution in [1.29, 1.82) is 0 Å². The number of hydrogen-bond acceptors (Lipinski definition) is 17. The summed E-state index contributed by atoms with van der Waals surface area (Å²) >= 11 is 0. The molecule has 0 unspecified atom stereocenters. The third-order valence-corrected chi connectivity index (χ3v) is 39.1. The third kappa shape index (κ3) is 16.3. The highest BCUT2D eigenvalue weighted by Crippen LogP contribution is 2.71. The molecule has 32 atom stereocenters. The molecule has 17 aliphatic rings. The van der Waals surface area contributed by atoms with Gasteiger partial charge in [-0.15, -0.1) is 40.8 Å². The first-order valence-electron chi connectivity index (χ1n) is 48.2. The van der Waals surface area contributed by atoms with E-state index in [-0.39, 0.29) is 0 Å². The Balaban J connectivity index is 0.000000109. The smallest absolute Gasteiger partial charge is 0.162 e. The average Bonchev–Trinajstić information content (AvgIpc) is 1.65. The molecule has 0 bridgehead atoms. The Bertz CT molecular complexity index is 4240. The van der Waals surface area contributed by atoms with Crippen molar-refractivity contribution in [2.45, 2.75) is 327 Å². The monoisotopic (exact) mass is 1640 g/mol. The van der Waals surface area contributed by atoms with Crippen molar-refractivity contribution in [3.05, 3.63) is 73.9 Å². The Kier molecular flexibility index (Phi) is 23.7. The van der Waals surface area contributed by atoms with Gasteiger partial charge in [0.2, 0.25) is 0 Å². The summed E-state index contributed by atoms with van der Waals surface area (Å²) in [5.41, 5.74) is 3.85. The van der Waals surface area contributed by atoms with Gasteiger partial charge in [0.1, 0.15) is 12.3 Å². The van der Waals surface area contributed by atoms with E-state index in [1.165, 1.54) is 234 Å². The highest BCUT2D eigenvalue weighted by molar-refractivity contribution is 5.24. The van der Waals surface area contributed by atoms with Crippen molar-refractivity contribution in [2.75, 3.05) is 20.4 Å². The zero-order chi connectivity index (χ0) is 82.6. The number of allylic oxidation sites excluding steroid dienone is 4. The fourth-order valence-electron chi connectivity index (χ4n) is 33.9. The van der Waals surface area contributed by atoms with E-state index in [2.05, 4.69) is 134 Å². The van der Waals surface area contributed by atoms with Crippen molar-refractivity contribution in [2.24, 2.45) is 170 Å². The zero-order valence-electron chi connectivity index (χ0n) is 73.4. The van der Waals surface area contributed by atoms with Crippen LogP contribution in [0.3, 0.4) is 0 Å². The Morgan fingerprint density at radius 1 is 0.361 bits per heavy atom. The Morgan fingerprint density at radius 3 is 1.00 bits per heavy atom. The summed E-state index contributed by atoms with van der Waals surface area (Å²) < 4.78 is 18.7. The zero-order valence-corrected chi connectivity index (χ0v) is 73.4. The van der Waals surface area contributed by atoms with Gasteiger partial charge in [-0.3, -0.25) is 0 Å². The van der Waals surface area contributed by atoms with E-state index in [0.717, 1.165) is 140 Å². The van der Waals surface area contributed by atoms with Crippen LogP contribution in [0.1, 0.15) is 279 Å². The number of nitrogens with zero attached hydrogens (tertiary/aromatic N) is 16. The highest BCUT2D eigenvalue weighted by Gasteiger charge is 2.64. The van der Waals surface area contributed by atoms with Gasteiger partial charge in [0.25, 0.3) is 0 Å². The number of methoxy groups -OCH3 is 1. The van der Waals surface area contributed by atoms with E-state index >= 15 is 0 Å². The first-order valence-corrected chi connectivity index (χ1v) is 48.2. The SMILES string of the molecule is C=C(Cn1ncnn1)[C@H]1CC[C@H]2[C@@H]3CC[C@@H]4C[C@@](O)(C#CC5CC5)CC[C@@H]4[C@H]3CC[C@]12C.C=C(Cn1ncnn1)[C@H]1CC[C@H]2[C@@H]3CC[C@@H]4C[C@@](O)(CF)CC[C@@H]4[C@H]3CC[C@]12C.C=C(Cn1ncnn1)[C@H]1CC[C@H]2[C@@H]3CC[C@@H]4C[C@@](O)(COC)CC[C@@H]4[C@H]3CC[C@]12C.C=C(Cn1ncnn1)[C@H]1CC[C@H]2[C@@H]3CC[C@@H]4C[C@](C)(O)CC[C@@H]4[C@H]3CC[C@]12C. The highest BCUT2D eigenvalue weighted by atomic mass is 19.1. The minimum atomic E-state index is -1.04. The molecule has 22 heteroatoms. The first-order chi connectivity index (χ1) is 57.2. The predicted molar refractivity (Wildman–Crippen MR) is 454 cm³/mol. The van der Waals surface area contributed by atoms with Crippen LogP contribution in [0.15, 0.2) is 73.9 Å². The lowest BCUT2D eigenvalue weighted by atomic mass is 9.48. The summed E-state index contributed by atoms with van der Waals surface area (Å²) in [6.07, 6.45) is 51.6. The van der Waals surface area contributed by atoms with Gasteiger partial charge in [0.15, 0.2) is 25.3 Å². The summed E-state index contributed by atoms with van der Waals surface area (Å²) in [5, 5.41) is 91.6. The maximum absolute atomic E-state index is 13.4.